The van der Waals surface area contributed by atoms with Crippen LogP contribution in [0, 0.1) is 5.92 Å². The Balaban J connectivity index is 1.34. The van der Waals surface area contributed by atoms with Crippen LogP contribution in [0.25, 0.3) is 10.9 Å². The molecule has 1 aromatic carbocycles. The number of nitrogens with zero attached hydrogens (tertiary/aromatic N) is 1. The summed E-state index contributed by atoms with van der Waals surface area (Å²) in [7, 11) is 0. The molecule has 0 radical (unpaired) electrons. The first-order chi connectivity index (χ1) is 12.1. The van der Waals surface area contributed by atoms with E-state index in [0.29, 0.717) is 11.5 Å². The van der Waals surface area contributed by atoms with Crippen molar-refractivity contribution in [3.05, 3.63) is 36.0 Å². The molecule has 6 nitrogen and oxygen atoms in total. The zero-order chi connectivity index (χ0) is 17.4. The van der Waals surface area contributed by atoms with Gasteiger partial charge in [-0.1, -0.05) is 12.1 Å². The van der Waals surface area contributed by atoms with Crippen molar-refractivity contribution in [1.29, 1.82) is 0 Å². The summed E-state index contributed by atoms with van der Waals surface area (Å²) >= 11 is 0. The Hall–Kier alpha value is -2.34. The molecule has 0 aliphatic heterocycles. The second-order valence-corrected chi connectivity index (χ2v) is 7.31. The van der Waals surface area contributed by atoms with Crippen LogP contribution in [0.5, 0.6) is 0 Å². The Morgan fingerprint density at radius 2 is 2.04 bits per heavy atom. The number of H-pyrrole nitrogens is 1. The number of nitrogens with one attached hydrogen (secondary N) is 2. The largest absolute Gasteiger partial charge is 0.480 e. The summed E-state index contributed by atoms with van der Waals surface area (Å²) in [4.78, 5) is 28.8. The van der Waals surface area contributed by atoms with Gasteiger partial charge in [-0.15, -0.1) is 0 Å². The maximum absolute atomic E-state index is 12.6. The molecule has 0 bridgehead atoms. The van der Waals surface area contributed by atoms with Crippen molar-refractivity contribution in [3.63, 3.8) is 0 Å². The van der Waals surface area contributed by atoms with E-state index in [9.17, 15) is 9.59 Å². The van der Waals surface area contributed by atoms with Crippen LogP contribution in [0.3, 0.4) is 0 Å². The van der Waals surface area contributed by atoms with E-state index in [0.717, 1.165) is 30.3 Å². The number of para-hydroxylation sites is 1. The number of carboxylic acids is 1. The van der Waals surface area contributed by atoms with E-state index < -0.39 is 5.97 Å². The van der Waals surface area contributed by atoms with Crippen molar-refractivity contribution in [2.24, 2.45) is 5.92 Å². The minimum atomic E-state index is -0.772. The Morgan fingerprint density at radius 1 is 1.24 bits per heavy atom. The van der Waals surface area contributed by atoms with Crippen LogP contribution >= 0.6 is 0 Å². The number of rotatable bonds is 7. The van der Waals surface area contributed by atoms with Gasteiger partial charge in [0.25, 0.3) is 5.91 Å². The Kier molecular flexibility index (Phi) is 4.21. The van der Waals surface area contributed by atoms with Gasteiger partial charge in [0.15, 0.2) is 0 Å². The van der Waals surface area contributed by atoms with Crippen LogP contribution in [-0.2, 0) is 4.79 Å². The zero-order valence-corrected chi connectivity index (χ0v) is 14.1. The standard InChI is InChI=1S/C19H23N3O3/c23-17(24)11-22(10-12-4-5-12)15-8-14(9-15)21-19(25)16-3-1-2-13-6-7-20-18(13)16/h1-3,6-7,12,14-15,20H,4-5,8-11H2,(H,21,25)(H,23,24). The van der Waals surface area contributed by atoms with Gasteiger partial charge < -0.3 is 15.4 Å². The molecule has 6 heteroatoms. The summed E-state index contributed by atoms with van der Waals surface area (Å²) in [6.45, 7) is 0.975. The van der Waals surface area contributed by atoms with Crippen LogP contribution in [0.15, 0.2) is 30.5 Å². The fourth-order valence-electron chi connectivity index (χ4n) is 3.69. The molecule has 2 saturated carbocycles. The highest BCUT2D eigenvalue weighted by molar-refractivity contribution is 6.05. The lowest BCUT2D eigenvalue weighted by molar-refractivity contribution is -0.139. The smallest absolute Gasteiger partial charge is 0.317 e. The van der Waals surface area contributed by atoms with E-state index in [1.54, 1.807) is 0 Å². The minimum absolute atomic E-state index is 0.0662. The summed E-state index contributed by atoms with van der Waals surface area (Å²) in [5.74, 6) is -0.173. The van der Waals surface area contributed by atoms with Gasteiger partial charge in [-0.2, -0.15) is 0 Å². The number of aromatic nitrogens is 1. The van der Waals surface area contributed by atoms with Gasteiger partial charge in [0.05, 0.1) is 17.6 Å². The summed E-state index contributed by atoms with van der Waals surface area (Å²) in [6, 6.07) is 8.03. The van der Waals surface area contributed by atoms with Gasteiger partial charge in [0.1, 0.15) is 0 Å². The first-order valence-electron chi connectivity index (χ1n) is 8.93. The van der Waals surface area contributed by atoms with Gasteiger partial charge in [-0.25, -0.2) is 0 Å². The fraction of sp³-hybridized carbons (Fsp3) is 0.474. The molecule has 2 aliphatic rings. The number of hydrogen-bond acceptors (Lipinski definition) is 3. The highest BCUT2D eigenvalue weighted by Gasteiger charge is 2.37. The SMILES string of the molecule is O=C(O)CN(CC1CC1)C1CC(NC(=O)c2cccc3cc[nH]c23)C1. The van der Waals surface area contributed by atoms with Crippen LogP contribution in [-0.4, -0.2) is 52.0 Å². The molecule has 1 amide bonds. The van der Waals surface area contributed by atoms with Gasteiger partial charge in [-0.3, -0.25) is 14.5 Å². The van der Waals surface area contributed by atoms with E-state index >= 15 is 0 Å². The number of carbonyl (C=O) groups is 2. The predicted octanol–water partition coefficient (Wildman–Crippen LogP) is 2.23. The minimum Gasteiger partial charge on any atom is -0.480 e. The average molecular weight is 341 g/mol. The predicted molar refractivity (Wildman–Crippen MR) is 94.5 cm³/mol. The highest BCUT2D eigenvalue weighted by atomic mass is 16.4. The topological polar surface area (TPSA) is 85.4 Å². The average Bonchev–Trinajstić information content (AvgIpc) is 3.21. The number of carboxylic acid groups (broad SMARTS) is 1. The monoisotopic (exact) mass is 341 g/mol. The number of fused-ring (bicyclic) bond motifs is 1. The van der Waals surface area contributed by atoms with E-state index in [4.69, 9.17) is 5.11 Å². The molecule has 0 atom stereocenters. The zero-order valence-electron chi connectivity index (χ0n) is 14.1. The van der Waals surface area contributed by atoms with Crippen molar-refractivity contribution in [1.82, 2.24) is 15.2 Å². The van der Waals surface area contributed by atoms with E-state index in [-0.39, 0.29) is 24.5 Å². The number of benzene rings is 1. The Morgan fingerprint density at radius 3 is 2.76 bits per heavy atom. The molecule has 25 heavy (non-hydrogen) atoms. The number of carbonyl (C=O) groups excluding carboxylic acids is 1. The molecule has 0 saturated heterocycles. The molecular weight excluding hydrogens is 318 g/mol. The van der Waals surface area contributed by atoms with E-state index in [1.165, 1.54) is 12.8 Å². The van der Waals surface area contributed by atoms with Gasteiger partial charge >= 0.3 is 5.97 Å². The van der Waals surface area contributed by atoms with Gasteiger partial charge in [0.2, 0.25) is 0 Å². The normalized spacial score (nSPS) is 22.8. The van der Waals surface area contributed by atoms with Crippen LogP contribution in [0.1, 0.15) is 36.0 Å². The van der Waals surface area contributed by atoms with Gasteiger partial charge in [-0.05, 0) is 43.7 Å². The third kappa shape index (κ3) is 3.54. The van der Waals surface area contributed by atoms with E-state index in [1.807, 2.05) is 30.5 Å². The van der Waals surface area contributed by atoms with Crippen LogP contribution in [0.2, 0.25) is 0 Å². The molecule has 0 unspecified atom stereocenters. The van der Waals surface area contributed by atoms with Crippen molar-refractivity contribution in [2.45, 2.75) is 37.8 Å². The molecule has 2 aliphatic carbocycles. The number of amides is 1. The first-order valence-corrected chi connectivity index (χ1v) is 8.93. The molecular formula is C19H23N3O3. The van der Waals surface area contributed by atoms with Gasteiger partial charge in [0, 0.05) is 30.2 Å². The van der Waals surface area contributed by atoms with Crippen molar-refractivity contribution >= 4 is 22.8 Å². The number of hydrogen-bond donors (Lipinski definition) is 3. The molecule has 132 valence electrons. The summed E-state index contributed by atoms with van der Waals surface area (Å²) in [5.41, 5.74) is 1.52. The lowest BCUT2D eigenvalue weighted by Gasteiger charge is -2.42. The molecule has 2 fully saturated rings. The van der Waals surface area contributed by atoms with Crippen molar-refractivity contribution in [2.75, 3.05) is 13.1 Å². The summed E-state index contributed by atoms with van der Waals surface area (Å²) in [5, 5.41) is 13.2. The fourth-order valence-corrected chi connectivity index (χ4v) is 3.69. The lowest BCUT2D eigenvalue weighted by Crippen LogP contribution is -2.55. The van der Waals surface area contributed by atoms with Crippen molar-refractivity contribution < 1.29 is 14.7 Å². The Bertz CT molecular complexity index is 790. The maximum Gasteiger partial charge on any atom is 0.317 e. The number of aromatic amines is 1. The highest BCUT2D eigenvalue weighted by Crippen LogP contribution is 2.34. The molecule has 1 heterocycles. The van der Waals surface area contributed by atoms with Crippen LogP contribution in [0.4, 0.5) is 0 Å². The molecule has 1 aromatic heterocycles. The molecule has 4 rings (SSSR count). The van der Waals surface area contributed by atoms with E-state index in [2.05, 4.69) is 15.2 Å². The molecule has 0 spiro atoms. The Labute approximate surface area is 146 Å². The van der Waals surface area contributed by atoms with Crippen molar-refractivity contribution in [3.8, 4) is 0 Å². The molecule has 3 N–H and O–H groups in total. The second kappa shape index (κ2) is 6.52. The third-order valence-corrected chi connectivity index (χ3v) is 5.32. The summed E-state index contributed by atoms with van der Waals surface area (Å²) in [6.07, 6.45) is 5.91. The second-order valence-electron chi connectivity index (χ2n) is 7.31. The maximum atomic E-state index is 12.6. The lowest BCUT2D eigenvalue weighted by atomic mass is 9.85. The van der Waals surface area contributed by atoms with Crippen LogP contribution < -0.4 is 5.32 Å². The first kappa shape index (κ1) is 16.1. The quantitative estimate of drug-likeness (QED) is 0.721. The molecule has 2 aromatic rings. The third-order valence-electron chi connectivity index (χ3n) is 5.32. The number of aliphatic carboxylic acids is 1. The summed E-state index contributed by atoms with van der Waals surface area (Å²) < 4.78 is 0.